The molecule has 1 fully saturated rings. The average Bonchev–Trinajstić information content (AvgIpc) is 3.31. The Kier molecular flexibility index (Phi) is 8.37. The fourth-order valence-corrected chi connectivity index (χ4v) is 4.07. The minimum Gasteiger partial charge on any atom is -0.379 e. The van der Waals surface area contributed by atoms with E-state index in [1.54, 1.807) is 29.5 Å². The van der Waals surface area contributed by atoms with Gasteiger partial charge >= 0.3 is 0 Å². The van der Waals surface area contributed by atoms with Gasteiger partial charge in [-0.2, -0.15) is 0 Å². The van der Waals surface area contributed by atoms with Crippen molar-refractivity contribution in [3.63, 3.8) is 0 Å². The van der Waals surface area contributed by atoms with E-state index in [0.29, 0.717) is 25.6 Å². The lowest BCUT2D eigenvalue weighted by molar-refractivity contribution is -0.384. The van der Waals surface area contributed by atoms with Crippen LogP contribution in [0.1, 0.15) is 16.5 Å². The fraction of sp³-hybridized carbons (Fsp3) is 0.381. The second-order valence-electron chi connectivity index (χ2n) is 6.82. The molecular weight excluding hydrogens is 402 g/mol. The first-order valence-electron chi connectivity index (χ1n) is 9.89. The predicted molar refractivity (Wildman–Crippen MR) is 120 cm³/mol. The van der Waals surface area contributed by atoms with Gasteiger partial charge in [0.15, 0.2) is 5.96 Å². The molecule has 0 aliphatic carbocycles. The Bertz CT molecular complexity index is 833. The Labute approximate surface area is 180 Å². The number of thiophene rings is 1. The van der Waals surface area contributed by atoms with Crippen molar-refractivity contribution >= 4 is 23.0 Å². The highest BCUT2D eigenvalue weighted by Gasteiger charge is 2.23. The molecule has 1 aliphatic heterocycles. The average molecular weight is 430 g/mol. The van der Waals surface area contributed by atoms with Crippen molar-refractivity contribution in [3.05, 3.63) is 75.0 Å². The van der Waals surface area contributed by atoms with Crippen LogP contribution in [0.4, 0.5) is 5.69 Å². The van der Waals surface area contributed by atoms with Gasteiger partial charge in [-0.3, -0.25) is 15.0 Å². The number of hydrogen-bond donors (Lipinski definition) is 2. The zero-order chi connectivity index (χ0) is 21.2. The van der Waals surface area contributed by atoms with Crippen LogP contribution in [-0.2, 0) is 11.3 Å². The van der Waals surface area contributed by atoms with E-state index >= 15 is 0 Å². The van der Waals surface area contributed by atoms with E-state index in [2.05, 4.69) is 44.6 Å². The first-order chi connectivity index (χ1) is 14.7. The van der Waals surface area contributed by atoms with Crippen molar-refractivity contribution in [2.45, 2.75) is 12.6 Å². The molecule has 160 valence electrons. The summed E-state index contributed by atoms with van der Waals surface area (Å²) in [6.07, 6.45) is 1.78. The van der Waals surface area contributed by atoms with E-state index in [9.17, 15) is 10.1 Å². The first-order valence-corrected chi connectivity index (χ1v) is 10.8. The lowest BCUT2D eigenvalue weighted by Crippen LogP contribution is -2.46. The number of nitro benzene ring substituents is 1. The number of hydrogen-bond acceptors (Lipinski definition) is 6. The molecule has 0 amide bonds. The second kappa shape index (κ2) is 11.4. The number of nitrogens with zero attached hydrogens (tertiary/aromatic N) is 3. The molecule has 1 saturated heterocycles. The Morgan fingerprint density at radius 1 is 1.30 bits per heavy atom. The number of guanidine groups is 1. The molecular formula is C21H27N5O3S. The Hall–Kier alpha value is -2.75. The van der Waals surface area contributed by atoms with Crippen LogP contribution in [0.25, 0.3) is 0 Å². The zero-order valence-corrected chi connectivity index (χ0v) is 17.6. The van der Waals surface area contributed by atoms with E-state index in [0.717, 1.165) is 31.9 Å². The molecule has 1 aromatic heterocycles. The first kappa shape index (κ1) is 21.9. The summed E-state index contributed by atoms with van der Waals surface area (Å²) in [5.41, 5.74) is 0.985. The summed E-state index contributed by atoms with van der Waals surface area (Å²) in [6, 6.07) is 10.9. The molecule has 9 heteroatoms. The molecule has 2 heterocycles. The van der Waals surface area contributed by atoms with Crippen LogP contribution < -0.4 is 10.6 Å². The topological polar surface area (TPSA) is 92.0 Å². The highest BCUT2D eigenvalue weighted by Crippen LogP contribution is 2.25. The smallest absolute Gasteiger partial charge is 0.269 e. The van der Waals surface area contributed by atoms with Gasteiger partial charge in [0, 0.05) is 43.2 Å². The molecule has 30 heavy (non-hydrogen) atoms. The molecule has 0 saturated carbocycles. The van der Waals surface area contributed by atoms with E-state index in [-0.39, 0.29) is 11.7 Å². The summed E-state index contributed by atoms with van der Waals surface area (Å²) >= 11 is 1.75. The lowest BCUT2D eigenvalue weighted by Gasteiger charge is -2.34. The van der Waals surface area contributed by atoms with Gasteiger partial charge in [-0.25, -0.2) is 4.99 Å². The van der Waals surface area contributed by atoms with Crippen LogP contribution in [0, 0.1) is 10.1 Å². The monoisotopic (exact) mass is 429 g/mol. The molecule has 3 rings (SSSR count). The second-order valence-corrected chi connectivity index (χ2v) is 7.80. The van der Waals surface area contributed by atoms with E-state index in [4.69, 9.17) is 4.74 Å². The number of aliphatic imine (C=N–C) groups is 1. The number of benzene rings is 1. The van der Waals surface area contributed by atoms with Gasteiger partial charge in [-0.05, 0) is 17.0 Å². The molecule has 0 bridgehead atoms. The van der Waals surface area contributed by atoms with Crippen molar-refractivity contribution < 1.29 is 9.66 Å². The van der Waals surface area contributed by atoms with Crippen molar-refractivity contribution in [2.24, 2.45) is 4.99 Å². The third-order valence-electron chi connectivity index (χ3n) is 4.80. The minimum atomic E-state index is -0.401. The van der Waals surface area contributed by atoms with Gasteiger partial charge in [0.25, 0.3) is 5.69 Å². The highest BCUT2D eigenvalue weighted by molar-refractivity contribution is 7.10. The quantitative estimate of drug-likeness (QED) is 0.209. The van der Waals surface area contributed by atoms with Crippen LogP contribution in [0.3, 0.4) is 0 Å². The fourth-order valence-electron chi connectivity index (χ4n) is 3.21. The maximum Gasteiger partial charge on any atom is 0.269 e. The normalized spacial score (nSPS) is 16.1. The van der Waals surface area contributed by atoms with Crippen molar-refractivity contribution in [1.29, 1.82) is 0 Å². The van der Waals surface area contributed by atoms with Crippen LogP contribution >= 0.6 is 11.3 Å². The summed E-state index contributed by atoms with van der Waals surface area (Å²) in [4.78, 5) is 18.8. The number of nitro groups is 1. The van der Waals surface area contributed by atoms with Gasteiger partial charge in [-0.15, -0.1) is 17.9 Å². The predicted octanol–water partition coefficient (Wildman–Crippen LogP) is 2.95. The molecule has 8 nitrogen and oxygen atoms in total. The van der Waals surface area contributed by atoms with Gasteiger partial charge in [0.2, 0.25) is 0 Å². The standard InChI is InChI=1S/C21H27N5O3S/c1-2-9-22-21(23-15-17-5-7-18(8-6-17)26(27)28)24-16-19(20-4-3-14-30-20)25-10-12-29-13-11-25/h2-8,14,19H,1,9-13,15-16H2,(H2,22,23,24). The molecule has 1 aliphatic rings. The summed E-state index contributed by atoms with van der Waals surface area (Å²) in [6.45, 7) is 8.78. The molecule has 2 aromatic rings. The molecule has 0 spiro atoms. The lowest BCUT2D eigenvalue weighted by atomic mass is 10.2. The number of nitrogens with one attached hydrogen (secondary N) is 2. The van der Waals surface area contributed by atoms with Gasteiger partial charge in [0.1, 0.15) is 0 Å². The van der Waals surface area contributed by atoms with E-state index < -0.39 is 4.92 Å². The molecule has 2 N–H and O–H groups in total. The Morgan fingerprint density at radius 2 is 2.07 bits per heavy atom. The van der Waals surface area contributed by atoms with Crippen LogP contribution in [0.2, 0.25) is 0 Å². The number of ether oxygens (including phenoxy) is 1. The summed E-state index contributed by atoms with van der Waals surface area (Å²) in [7, 11) is 0. The largest absolute Gasteiger partial charge is 0.379 e. The van der Waals surface area contributed by atoms with Gasteiger partial charge < -0.3 is 15.4 Å². The van der Waals surface area contributed by atoms with E-state index in [1.165, 1.54) is 17.0 Å². The van der Waals surface area contributed by atoms with Crippen molar-refractivity contribution in [3.8, 4) is 0 Å². The van der Waals surface area contributed by atoms with Crippen LogP contribution in [-0.4, -0.2) is 55.2 Å². The molecule has 0 radical (unpaired) electrons. The number of morpholine rings is 1. The SMILES string of the molecule is C=CCNC(=NCc1ccc([N+](=O)[O-])cc1)NCC(c1cccs1)N1CCOCC1. The van der Waals surface area contributed by atoms with Crippen LogP contribution in [0.15, 0.2) is 59.4 Å². The maximum atomic E-state index is 10.8. The summed E-state index contributed by atoms with van der Waals surface area (Å²) in [5.74, 6) is 0.683. The van der Waals surface area contributed by atoms with E-state index in [1.807, 2.05) is 0 Å². The highest BCUT2D eigenvalue weighted by atomic mass is 32.1. The zero-order valence-electron chi connectivity index (χ0n) is 16.8. The molecule has 1 atom stereocenters. The Balaban J connectivity index is 1.66. The number of non-ortho nitro benzene ring substituents is 1. The summed E-state index contributed by atoms with van der Waals surface area (Å²) < 4.78 is 5.51. The maximum absolute atomic E-state index is 10.8. The third kappa shape index (κ3) is 6.38. The Morgan fingerprint density at radius 3 is 2.70 bits per heavy atom. The van der Waals surface area contributed by atoms with Crippen LogP contribution in [0.5, 0.6) is 0 Å². The molecule has 1 aromatic carbocycles. The minimum absolute atomic E-state index is 0.0789. The molecule has 1 unspecified atom stereocenters. The third-order valence-corrected chi connectivity index (χ3v) is 5.78. The number of rotatable bonds is 9. The van der Waals surface area contributed by atoms with Gasteiger partial charge in [0.05, 0.1) is 30.7 Å². The van der Waals surface area contributed by atoms with Crippen molar-refractivity contribution in [1.82, 2.24) is 15.5 Å². The summed E-state index contributed by atoms with van der Waals surface area (Å²) in [5, 5.41) is 19.6. The van der Waals surface area contributed by atoms with Crippen molar-refractivity contribution in [2.75, 3.05) is 39.4 Å². The van der Waals surface area contributed by atoms with Gasteiger partial charge in [-0.1, -0.05) is 24.3 Å².